The monoisotopic (exact) mass is 424 g/mol. The minimum absolute atomic E-state index is 0.232. The number of ether oxygens (including phenoxy) is 2. The number of benzene rings is 1. The van der Waals surface area contributed by atoms with Crippen LogP contribution in [0.15, 0.2) is 24.3 Å². The summed E-state index contributed by atoms with van der Waals surface area (Å²) in [7, 11) is 4.00. The third-order valence-electron chi connectivity index (χ3n) is 5.79. The molecule has 0 atom stereocenters. The van der Waals surface area contributed by atoms with Gasteiger partial charge < -0.3 is 19.3 Å². The molecule has 1 aromatic carbocycles. The van der Waals surface area contributed by atoms with Gasteiger partial charge in [-0.3, -0.25) is 0 Å². The largest absolute Gasteiger partial charge is 0.415 e. The fourth-order valence-electron chi connectivity index (χ4n) is 3.74. The second-order valence-electron chi connectivity index (χ2n) is 8.19. The van der Waals surface area contributed by atoms with E-state index in [0.29, 0.717) is 16.7 Å². The maximum Gasteiger partial charge on any atom is 0.415 e. The van der Waals surface area contributed by atoms with Crippen LogP contribution in [0.5, 0.6) is 5.75 Å². The molecule has 29 heavy (non-hydrogen) atoms. The van der Waals surface area contributed by atoms with E-state index < -0.39 is 0 Å². The smallest absolute Gasteiger partial charge is 0.410 e. The zero-order valence-electron chi connectivity index (χ0n) is 18.2. The molecule has 1 aliphatic carbocycles. The highest BCUT2D eigenvalue weighted by atomic mass is 35.5. The molecule has 0 spiro atoms. The van der Waals surface area contributed by atoms with Gasteiger partial charge in [0.25, 0.3) is 0 Å². The van der Waals surface area contributed by atoms with Crippen molar-refractivity contribution < 1.29 is 14.3 Å². The Morgan fingerprint density at radius 2 is 1.76 bits per heavy atom. The zero-order valence-corrected chi connectivity index (χ0v) is 19.0. The van der Waals surface area contributed by atoms with E-state index in [0.717, 1.165) is 52.0 Å². The highest BCUT2D eigenvalue weighted by molar-refractivity contribution is 6.30. The summed E-state index contributed by atoms with van der Waals surface area (Å²) in [5.74, 6) is 1.12. The summed E-state index contributed by atoms with van der Waals surface area (Å²) < 4.78 is 11.4. The van der Waals surface area contributed by atoms with Gasteiger partial charge in [0.2, 0.25) is 0 Å². The van der Waals surface area contributed by atoms with Gasteiger partial charge in [-0.25, -0.2) is 4.79 Å². The quantitative estimate of drug-likeness (QED) is 0.442. The highest BCUT2D eigenvalue weighted by Gasteiger charge is 2.27. The number of amides is 1. The summed E-state index contributed by atoms with van der Waals surface area (Å²) in [6.45, 7) is 6.02. The number of hydrogen-bond acceptors (Lipinski definition) is 4. The van der Waals surface area contributed by atoms with Gasteiger partial charge in [0, 0.05) is 31.3 Å². The average Bonchev–Trinajstić information content (AvgIpc) is 2.73. The van der Waals surface area contributed by atoms with Gasteiger partial charge in [-0.1, -0.05) is 31.4 Å². The van der Waals surface area contributed by atoms with Gasteiger partial charge in [-0.2, -0.15) is 0 Å². The Morgan fingerprint density at radius 3 is 2.41 bits per heavy atom. The molecule has 0 aromatic heterocycles. The molecule has 6 heteroatoms. The number of unbranched alkanes of at least 4 members (excludes halogenated alkanes) is 2. The van der Waals surface area contributed by atoms with Crippen molar-refractivity contribution in [2.24, 2.45) is 5.92 Å². The Kier molecular flexibility index (Phi) is 10.8. The lowest BCUT2D eigenvalue weighted by molar-refractivity contribution is 0.0585. The number of likely N-dealkylation sites (N-methyl/N-ethyl adjacent to an activating group) is 1. The maximum atomic E-state index is 12.4. The molecule has 0 unspecified atom stereocenters. The second kappa shape index (κ2) is 13.1. The van der Waals surface area contributed by atoms with Gasteiger partial charge >= 0.3 is 6.09 Å². The Labute approximate surface area is 181 Å². The lowest BCUT2D eigenvalue weighted by Crippen LogP contribution is -2.41. The molecular weight excluding hydrogens is 388 g/mol. The predicted octanol–water partition coefficient (Wildman–Crippen LogP) is 5.47. The van der Waals surface area contributed by atoms with Crippen LogP contribution >= 0.6 is 11.6 Å². The molecule has 0 heterocycles. The Balaban J connectivity index is 1.60. The molecule has 0 aliphatic heterocycles. The van der Waals surface area contributed by atoms with E-state index in [1.165, 1.54) is 19.3 Å². The molecule has 1 aliphatic rings. The zero-order chi connectivity index (χ0) is 21.1. The third kappa shape index (κ3) is 8.93. The summed E-state index contributed by atoms with van der Waals surface area (Å²) in [5, 5.41) is 0.627. The maximum absolute atomic E-state index is 12.4. The normalized spacial score (nSPS) is 19.3. The van der Waals surface area contributed by atoms with E-state index in [1.54, 1.807) is 29.2 Å². The minimum atomic E-state index is -0.307. The van der Waals surface area contributed by atoms with E-state index >= 15 is 0 Å². The van der Waals surface area contributed by atoms with Crippen LogP contribution in [0, 0.1) is 5.92 Å². The van der Waals surface area contributed by atoms with Crippen molar-refractivity contribution in [1.82, 2.24) is 9.80 Å². The summed E-state index contributed by atoms with van der Waals surface area (Å²) in [4.78, 5) is 16.5. The summed E-state index contributed by atoms with van der Waals surface area (Å²) in [6, 6.07) is 7.10. The molecule has 1 aromatic rings. The number of rotatable bonds is 11. The summed E-state index contributed by atoms with van der Waals surface area (Å²) >= 11 is 5.87. The van der Waals surface area contributed by atoms with Gasteiger partial charge in [0.15, 0.2) is 0 Å². The van der Waals surface area contributed by atoms with Gasteiger partial charge in [-0.15, -0.1) is 0 Å². The molecule has 0 saturated heterocycles. The van der Waals surface area contributed by atoms with E-state index in [4.69, 9.17) is 21.1 Å². The molecule has 1 saturated carbocycles. The third-order valence-corrected chi connectivity index (χ3v) is 6.04. The summed E-state index contributed by atoms with van der Waals surface area (Å²) in [5.41, 5.74) is 0. The number of hydrogen-bond donors (Lipinski definition) is 0. The first-order chi connectivity index (χ1) is 14.0. The van der Waals surface area contributed by atoms with Crippen molar-refractivity contribution in [2.75, 3.05) is 40.4 Å². The van der Waals surface area contributed by atoms with Crippen LogP contribution in [0.2, 0.25) is 5.02 Å². The number of carbonyl (C=O) groups excluding carboxylic acids is 1. The molecule has 5 nitrogen and oxygen atoms in total. The first kappa shape index (κ1) is 24.0. The van der Waals surface area contributed by atoms with Crippen LogP contribution in [0.4, 0.5) is 4.79 Å². The van der Waals surface area contributed by atoms with Crippen molar-refractivity contribution in [3.05, 3.63) is 29.3 Å². The van der Waals surface area contributed by atoms with Gasteiger partial charge in [0.05, 0.1) is 6.61 Å². The fourth-order valence-corrected chi connectivity index (χ4v) is 3.86. The van der Waals surface area contributed by atoms with Crippen LogP contribution in [-0.2, 0) is 4.74 Å². The predicted molar refractivity (Wildman–Crippen MR) is 119 cm³/mol. The first-order valence-electron chi connectivity index (χ1n) is 11.0. The summed E-state index contributed by atoms with van der Waals surface area (Å²) in [6.07, 6.45) is 7.71. The lowest BCUT2D eigenvalue weighted by Gasteiger charge is -2.34. The van der Waals surface area contributed by atoms with Crippen molar-refractivity contribution in [3.8, 4) is 5.75 Å². The Bertz CT molecular complexity index is 588. The highest BCUT2D eigenvalue weighted by Crippen LogP contribution is 2.28. The van der Waals surface area contributed by atoms with Crippen LogP contribution in [0.1, 0.15) is 51.9 Å². The molecule has 1 fully saturated rings. The molecule has 0 N–H and O–H groups in total. The molecule has 1 amide bonds. The van der Waals surface area contributed by atoms with Crippen molar-refractivity contribution in [1.29, 1.82) is 0 Å². The molecular formula is C23H37ClN2O3. The number of halogens is 1. The van der Waals surface area contributed by atoms with E-state index in [2.05, 4.69) is 18.9 Å². The van der Waals surface area contributed by atoms with Crippen molar-refractivity contribution in [3.63, 3.8) is 0 Å². The average molecular weight is 425 g/mol. The van der Waals surface area contributed by atoms with Crippen LogP contribution in [-0.4, -0.2) is 62.3 Å². The Morgan fingerprint density at radius 1 is 1.07 bits per heavy atom. The fraction of sp³-hybridized carbons (Fsp3) is 0.696. The van der Waals surface area contributed by atoms with Crippen LogP contribution < -0.4 is 4.74 Å². The van der Waals surface area contributed by atoms with Gasteiger partial charge in [0.1, 0.15) is 5.75 Å². The number of nitrogens with zero attached hydrogens (tertiary/aromatic N) is 2. The van der Waals surface area contributed by atoms with Crippen LogP contribution in [0.3, 0.4) is 0 Å². The molecule has 164 valence electrons. The lowest BCUT2D eigenvalue weighted by atomic mass is 9.86. The number of carbonyl (C=O) groups is 1. The first-order valence-corrected chi connectivity index (χ1v) is 11.3. The Hall–Kier alpha value is -1.30. The standard InChI is InChI=1S/C23H37ClN2O3/c1-4-5-6-15-25(2)16-17-28-18-19-7-11-21(12-8-19)26(3)23(27)29-22-13-9-20(24)10-14-22/h9-10,13-14,19,21H,4-8,11-12,15-18H2,1-3H3/t19-,21-. The van der Waals surface area contributed by atoms with Crippen molar-refractivity contribution in [2.45, 2.75) is 57.9 Å². The topological polar surface area (TPSA) is 42.0 Å². The van der Waals surface area contributed by atoms with Crippen LogP contribution in [0.25, 0.3) is 0 Å². The van der Waals surface area contributed by atoms with Gasteiger partial charge in [-0.05, 0) is 75.9 Å². The van der Waals surface area contributed by atoms with E-state index in [9.17, 15) is 4.79 Å². The SMILES string of the molecule is CCCCCN(C)CCOC[C@H]1CC[C@H](N(C)C(=O)Oc2ccc(Cl)cc2)CC1. The minimum Gasteiger partial charge on any atom is -0.410 e. The molecule has 0 bridgehead atoms. The molecule has 0 radical (unpaired) electrons. The van der Waals surface area contributed by atoms with E-state index in [-0.39, 0.29) is 12.1 Å². The second-order valence-corrected chi connectivity index (χ2v) is 8.63. The van der Waals surface area contributed by atoms with Crippen molar-refractivity contribution >= 4 is 17.7 Å². The van der Waals surface area contributed by atoms with E-state index in [1.807, 2.05) is 7.05 Å². The molecule has 2 rings (SSSR count).